The Morgan fingerprint density at radius 3 is 2.65 bits per heavy atom. The van der Waals surface area contributed by atoms with E-state index in [1.807, 2.05) is 49.0 Å². The maximum atomic E-state index is 13.6. The number of hydrogen-bond donors (Lipinski definition) is 3. The van der Waals surface area contributed by atoms with Crippen molar-refractivity contribution >= 4 is 40.1 Å². The third kappa shape index (κ3) is 7.02. The number of rotatable bonds is 8. The number of carbonyl (C=O) groups excluding carboxylic acids is 3. The number of anilines is 2. The number of aromatic nitrogens is 2. The third-order valence-electron chi connectivity index (χ3n) is 8.60. The van der Waals surface area contributed by atoms with Crippen LogP contribution in [0.2, 0.25) is 0 Å². The lowest BCUT2D eigenvalue weighted by Gasteiger charge is -2.34. The quantitative estimate of drug-likeness (QED) is 0.264. The number of hydrogen-bond acceptors (Lipinski definition) is 7. The van der Waals surface area contributed by atoms with Crippen molar-refractivity contribution in [3.05, 3.63) is 71.2 Å². The number of ether oxygens (including phenoxy) is 1. The summed E-state index contributed by atoms with van der Waals surface area (Å²) < 4.78 is 13.7. The van der Waals surface area contributed by atoms with Crippen LogP contribution in [0.1, 0.15) is 36.4 Å². The Labute approximate surface area is 268 Å². The standard InChI is InChI=1S/C34H42N6O6/c1-20-16-40(21(2)19-41)32(43)15-24-13-26(35-31(42)14-25-17-38(5)28-10-8-7-9-27(25)28)11-12-29(24)45-30(20)18-39(6)34(44)36-33-22(3)37-46-23(33)4/h7-13,17,20-21,30,41H,14-16,18-19H2,1-6H3,(H,35,42)(H,36,44)/t20-,21-,30-/m1/s1. The summed E-state index contributed by atoms with van der Waals surface area (Å²) in [6, 6.07) is 12.4. The first kappa shape index (κ1) is 32.6. The Hall–Kier alpha value is -4.84. The highest BCUT2D eigenvalue weighted by Crippen LogP contribution is 2.30. The SMILES string of the molecule is Cc1noc(C)c1NC(=O)N(C)C[C@H]1Oc2ccc(NC(=O)Cc3cn(C)c4ccccc34)cc2CC(=O)N([C@H](C)CO)C[C@H]1C. The minimum atomic E-state index is -0.495. The predicted octanol–water partition coefficient (Wildman–Crippen LogP) is 4.28. The fourth-order valence-corrected chi connectivity index (χ4v) is 5.89. The van der Waals surface area contributed by atoms with E-state index in [1.165, 1.54) is 4.90 Å². The van der Waals surface area contributed by atoms with Crippen LogP contribution in [0.25, 0.3) is 10.9 Å². The number of amides is 4. The second-order valence-electron chi connectivity index (χ2n) is 12.2. The number of benzene rings is 2. The third-order valence-corrected chi connectivity index (χ3v) is 8.60. The molecule has 0 fully saturated rings. The molecule has 1 aliphatic rings. The number of para-hydroxylation sites is 1. The van der Waals surface area contributed by atoms with Crippen molar-refractivity contribution in [2.75, 3.05) is 37.4 Å². The average molecular weight is 631 g/mol. The Balaban J connectivity index is 1.37. The summed E-state index contributed by atoms with van der Waals surface area (Å²) in [6.07, 6.45) is 1.68. The van der Waals surface area contributed by atoms with Gasteiger partial charge in [-0.3, -0.25) is 9.59 Å². The van der Waals surface area contributed by atoms with E-state index in [9.17, 15) is 19.5 Å². The van der Waals surface area contributed by atoms with Crippen LogP contribution in [-0.2, 0) is 29.5 Å². The normalized spacial score (nSPS) is 17.4. The van der Waals surface area contributed by atoms with Crippen LogP contribution in [-0.4, -0.2) is 81.4 Å². The van der Waals surface area contributed by atoms with Gasteiger partial charge in [-0.15, -0.1) is 0 Å². The highest BCUT2D eigenvalue weighted by molar-refractivity contribution is 5.96. The molecule has 2 aromatic heterocycles. The first-order chi connectivity index (χ1) is 21.9. The molecule has 0 radical (unpaired) electrons. The molecule has 0 saturated heterocycles. The second kappa shape index (κ2) is 13.7. The van der Waals surface area contributed by atoms with Gasteiger partial charge in [0.15, 0.2) is 5.76 Å². The summed E-state index contributed by atoms with van der Waals surface area (Å²) in [7, 11) is 3.63. The molecule has 244 valence electrons. The summed E-state index contributed by atoms with van der Waals surface area (Å²) in [5.41, 5.74) is 4.22. The van der Waals surface area contributed by atoms with Gasteiger partial charge in [-0.1, -0.05) is 30.3 Å². The zero-order valence-electron chi connectivity index (χ0n) is 27.2. The van der Waals surface area contributed by atoms with Crippen molar-refractivity contribution in [2.45, 2.75) is 52.7 Å². The molecule has 2 aromatic carbocycles. The number of nitrogens with one attached hydrogen (secondary N) is 2. The molecule has 3 heterocycles. The number of aliphatic hydroxyl groups excluding tert-OH is 1. The van der Waals surface area contributed by atoms with Gasteiger partial charge in [0, 0.05) is 54.9 Å². The van der Waals surface area contributed by atoms with Gasteiger partial charge in [-0.2, -0.15) is 0 Å². The smallest absolute Gasteiger partial charge is 0.321 e. The molecule has 0 unspecified atom stereocenters. The molecule has 4 aromatic rings. The minimum absolute atomic E-state index is 0.0223. The molecule has 12 heteroatoms. The van der Waals surface area contributed by atoms with Gasteiger partial charge in [0.05, 0.1) is 32.0 Å². The first-order valence-electron chi connectivity index (χ1n) is 15.4. The molecule has 5 rings (SSSR count). The van der Waals surface area contributed by atoms with E-state index in [-0.39, 0.29) is 49.8 Å². The molecule has 0 spiro atoms. The van der Waals surface area contributed by atoms with E-state index >= 15 is 0 Å². The van der Waals surface area contributed by atoms with E-state index in [2.05, 4.69) is 15.8 Å². The van der Waals surface area contributed by atoms with E-state index in [4.69, 9.17) is 9.26 Å². The molecule has 0 saturated carbocycles. The van der Waals surface area contributed by atoms with Crippen molar-refractivity contribution in [3.63, 3.8) is 0 Å². The number of carbonyl (C=O) groups is 3. The monoisotopic (exact) mass is 630 g/mol. The Bertz CT molecular complexity index is 1730. The van der Waals surface area contributed by atoms with Crippen LogP contribution in [0.4, 0.5) is 16.2 Å². The fourth-order valence-electron chi connectivity index (χ4n) is 5.89. The minimum Gasteiger partial charge on any atom is -0.488 e. The van der Waals surface area contributed by atoms with Crippen LogP contribution >= 0.6 is 0 Å². The molecule has 0 aliphatic carbocycles. The Morgan fingerprint density at radius 1 is 1.17 bits per heavy atom. The number of aliphatic hydroxyl groups is 1. The summed E-state index contributed by atoms with van der Waals surface area (Å²) in [5.74, 6) is 0.461. The van der Waals surface area contributed by atoms with Crippen LogP contribution in [0, 0.1) is 19.8 Å². The molecular weight excluding hydrogens is 588 g/mol. The highest BCUT2D eigenvalue weighted by Gasteiger charge is 2.32. The van der Waals surface area contributed by atoms with Crippen molar-refractivity contribution in [1.82, 2.24) is 19.5 Å². The molecule has 3 N–H and O–H groups in total. The average Bonchev–Trinajstić information content (AvgIpc) is 3.53. The second-order valence-corrected chi connectivity index (χ2v) is 12.2. The van der Waals surface area contributed by atoms with Gasteiger partial charge in [-0.05, 0) is 50.6 Å². The molecule has 0 bridgehead atoms. The lowest BCUT2D eigenvalue weighted by atomic mass is 10.0. The largest absolute Gasteiger partial charge is 0.488 e. The van der Waals surface area contributed by atoms with Crippen molar-refractivity contribution < 1.29 is 28.8 Å². The van der Waals surface area contributed by atoms with E-state index in [0.717, 1.165) is 16.5 Å². The van der Waals surface area contributed by atoms with Crippen LogP contribution in [0.5, 0.6) is 5.75 Å². The topological polar surface area (TPSA) is 142 Å². The predicted molar refractivity (Wildman–Crippen MR) is 175 cm³/mol. The van der Waals surface area contributed by atoms with Crippen molar-refractivity contribution in [1.29, 1.82) is 0 Å². The lowest BCUT2D eigenvalue weighted by Crippen LogP contribution is -2.48. The molecule has 4 amide bonds. The van der Waals surface area contributed by atoms with Gasteiger partial charge in [-0.25, -0.2) is 4.79 Å². The van der Waals surface area contributed by atoms with E-state index < -0.39 is 12.1 Å². The van der Waals surface area contributed by atoms with Crippen LogP contribution in [0.15, 0.2) is 53.2 Å². The summed E-state index contributed by atoms with van der Waals surface area (Å²) in [4.78, 5) is 43.1. The van der Waals surface area contributed by atoms with E-state index in [1.54, 1.807) is 50.9 Å². The van der Waals surface area contributed by atoms with Gasteiger partial charge >= 0.3 is 6.03 Å². The Kier molecular flexibility index (Phi) is 9.66. The number of fused-ring (bicyclic) bond motifs is 2. The van der Waals surface area contributed by atoms with Crippen molar-refractivity contribution in [3.8, 4) is 5.75 Å². The number of aryl methyl sites for hydroxylation is 3. The fraction of sp³-hybridized carbons (Fsp3) is 0.412. The van der Waals surface area contributed by atoms with Gasteiger partial charge in [0.25, 0.3) is 0 Å². The van der Waals surface area contributed by atoms with Gasteiger partial charge in [0.2, 0.25) is 11.8 Å². The van der Waals surface area contributed by atoms with E-state index in [0.29, 0.717) is 40.7 Å². The number of urea groups is 1. The summed E-state index contributed by atoms with van der Waals surface area (Å²) >= 11 is 0. The Morgan fingerprint density at radius 2 is 1.93 bits per heavy atom. The number of nitrogens with zero attached hydrogens (tertiary/aromatic N) is 4. The van der Waals surface area contributed by atoms with Gasteiger partial charge in [0.1, 0.15) is 23.2 Å². The van der Waals surface area contributed by atoms with Crippen LogP contribution in [0.3, 0.4) is 0 Å². The number of likely N-dealkylation sites (N-methyl/N-ethyl adjacent to an activating group) is 1. The first-order valence-corrected chi connectivity index (χ1v) is 15.4. The molecule has 12 nitrogen and oxygen atoms in total. The summed E-state index contributed by atoms with van der Waals surface area (Å²) in [6.45, 7) is 7.59. The molecule has 1 aliphatic heterocycles. The van der Waals surface area contributed by atoms with Gasteiger partial charge < -0.3 is 39.4 Å². The maximum absolute atomic E-state index is 13.6. The summed E-state index contributed by atoms with van der Waals surface area (Å²) in [5, 5.41) is 20.7. The maximum Gasteiger partial charge on any atom is 0.321 e. The highest BCUT2D eigenvalue weighted by atomic mass is 16.5. The zero-order valence-corrected chi connectivity index (χ0v) is 27.2. The lowest BCUT2D eigenvalue weighted by molar-refractivity contribution is -0.134. The van der Waals surface area contributed by atoms with Crippen molar-refractivity contribution in [2.24, 2.45) is 13.0 Å². The molecule has 46 heavy (non-hydrogen) atoms. The molecule has 3 atom stereocenters. The van der Waals surface area contributed by atoms with Crippen LogP contribution < -0.4 is 15.4 Å². The zero-order chi connectivity index (χ0) is 33.1. The molecular formula is C34H42N6O6.